The molecule has 3 heterocycles. The molecule has 142 valence electrons. The average Bonchev–Trinajstić information content (AvgIpc) is 3.32. The number of thiophene rings is 1. The topological polar surface area (TPSA) is 71.7 Å². The fraction of sp³-hybridized carbons (Fsp3) is 0.333. The molecule has 4 rings (SSSR count). The van der Waals surface area contributed by atoms with Crippen LogP contribution in [0.2, 0.25) is 0 Å². The molecule has 0 saturated carbocycles. The Labute approximate surface area is 165 Å². The number of hydrogen-bond acceptors (Lipinski definition) is 5. The highest BCUT2D eigenvalue weighted by molar-refractivity contribution is 7.91. The largest absolute Gasteiger partial charge is 0.319 e. The van der Waals surface area contributed by atoms with Gasteiger partial charge in [0.2, 0.25) is 0 Å². The van der Waals surface area contributed by atoms with Gasteiger partial charge in [0.25, 0.3) is 15.9 Å². The Morgan fingerprint density at radius 1 is 1.19 bits per heavy atom. The summed E-state index contributed by atoms with van der Waals surface area (Å²) in [7, 11) is -1.81. The molecule has 27 heavy (non-hydrogen) atoms. The number of aromatic nitrogens is 1. The zero-order chi connectivity index (χ0) is 19.0. The molecular formula is C18H19N3O3S3. The lowest BCUT2D eigenvalue weighted by Crippen LogP contribution is -2.47. The van der Waals surface area contributed by atoms with Crippen molar-refractivity contribution >= 4 is 48.8 Å². The number of aryl methyl sites for hydroxylation is 1. The molecule has 0 bridgehead atoms. The predicted octanol–water partition coefficient (Wildman–Crippen LogP) is 2.97. The van der Waals surface area contributed by atoms with Crippen molar-refractivity contribution in [3.05, 3.63) is 46.6 Å². The SMILES string of the molecule is Cn1c(=NC(=O)C2CCCCN2S(=O)(=O)c2cccs2)sc2ccccc21. The molecule has 1 aliphatic rings. The summed E-state index contributed by atoms with van der Waals surface area (Å²) >= 11 is 2.61. The Hall–Kier alpha value is -1.81. The van der Waals surface area contributed by atoms with E-state index in [4.69, 9.17) is 0 Å². The van der Waals surface area contributed by atoms with Gasteiger partial charge in [0.05, 0.1) is 10.2 Å². The van der Waals surface area contributed by atoms with Crippen molar-refractivity contribution < 1.29 is 13.2 Å². The molecule has 2 aromatic heterocycles. The monoisotopic (exact) mass is 421 g/mol. The van der Waals surface area contributed by atoms with E-state index < -0.39 is 22.0 Å². The van der Waals surface area contributed by atoms with Crippen molar-refractivity contribution in [2.75, 3.05) is 6.54 Å². The summed E-state index contributed by atoms with van der Waals surface area (Å²) in [4.78, 5) is 17.8. The lowest BCUT2D eigenvalue weighted by Gasteiger charge is -2.31. The molecule has 1 unspecified atom stereocenters. The Morgan fingerprint density at radius 2 is 2.00 bits per heavy atom. The highest BCUT2D eigenvalue weighted by atomic mass is 32.2. The van der Waals surface area contributed by atoms with Gasteiger partial charge in [0.1, 0.15) is 10.3 Å². The zero-order valence-electron chi connectivity index (χ0n) is 14.7. The number of rotatable bonds is 3. The van der Waals surface area contributed by atoms with Gasteiger partial charge in [-0.3, -0.25) is 4.79 Å². The third kappa shape index (κ3) is 3.40. The molecule has 1 saturated heterocycles. The highest BCUT2D eigenvalue weighted by Gasteiger charge is 2.38. The molecule has 1 fully saturated rings. The minimum atomic E-state index is -3.67. The quantitative estimate of drug-likeness (QED) is 0.653. The number of piperidine rings is 1. The molecule has 3 aromatic rings. The fourth-order valence-corrected chi connectivity index (χ4v) is 7.12. The van der Waals surface area contributed by atoms with Crippen molar-refractivity contribution in [2.24, 2.45) is 12.0 Å². The molecule has 0 N–H and O–H groups in total. The second-order valence-corrected chi connectivity index (χ2v) is 10.5. The van der Waals surface area contributed by atoms with Crippen molar-refractivity contribution in [1.82, 2.24) is 8.87 Å². The maximum atomic E-state index is 13.0. The van der Waals surface area contributed by atoms with E-state index in [9.17, 15) is 13.2 Å². The van der Waals surface area contributed by atoms with Gasteiger partial charge >= 0.3 is 0 Å². The van der Waals surface area contributed by atoms with E-state index in [-0.39, 0.29) is 4.21 Å². The first-order valence-corrected chi connectivity index (χ1v) is 11.8. The number of carbonyl (C=O) groups excluding carboxylic acids is 1. The summed E-state index contributed by atoms with van der Waals surface area (Å²) in [5, 5.41) is 1.73. The second-order valence-electron chi connectivity index (χ2n) is 6.42. The third-order valence-corrected chi connectivity index (χ3v) is 9.11. The number of fused-ring (bicyclic) bond motifs is 1. The van der Waals surface area contributed by atoms with Gasteiger partial charge in [0, 0.05) is 13.6 Å². The maximum Gasteiger partial charge on any atom is 0.266 e. The Balaban J connectivity index is 1.71. The van der Waals surface area contributed by atoms with Crippen LogP contribution in [0.15, 0.2) is 51.0 Å². The molecule has 6 nitrogen and oxygen atoms in total. The van der Waals surface area contributed by atoms with Crippen LogP contribution in [0.4, 0.5) is 0 Å². The normalized spacial score (nSPS) is 19.6. The van der Waals surface area contributed by atoms with E-state index in [2.05, 4.69) is 4.99 Å². The maximum absolute atomic E-state index is 13.0. The predicted molar refractivity (Wildman–Crippen MR) is 107 cm³/mol. The molecule has 1 atom stereocenters. The summed E-state index contributed by atoms with van der Waals surface area (Å²) in [5.74, 6) is -0.392. The van der Waals surface area contributed by atoms with Crippen LogP contribution >= 0.6 is 22.7 Å². The highest BCUT2D eigenvalue weighted by Crippen LogP contribution is 2.28. The number of nitrogens with zero attached hydrogens (tertiary/aromatic N) is 3. The van der Waals surface area contributed by atoms with Gasteiger partial charge in [-0.05, 0) is 36.4 Å². The Bertz CT molecular complexity index is 1140. The van der Waals surface area contributed by atoms with E-state index in [1.165, 1.54) is 27.0 Å². The zero-order valence-corrected chi connectivity index (χ0v) is 17.2. The summed E-state index contributed by atoms with van der Waals surface area (Å²) in [6.07, 6.45) is 2.08. The average molecular weight is 422 g/mol. The number of para-hydroxylation sites is 1. The molecule has 1 aliphatic heterocycles. The second kappa shape index (κ2) is 7.31. The van der Waals surface area contributed by atoms with Crippen LogP contribution in [-0.4, -0.2) is 35.8 Å². The van der Waals surface area contributed by atoms with E-state index in [1.807, 2.05) is 35.9 Å². The van der Waals surface area contributed by atoms with E-state index in [1.54, 1.807) is 17.5 Å². The molecule has 1 amide bonds. The van der Waals surface area contributed by atoms with Crippen LogP contribution in [0.1, 0.15) is 19.3 Å². The molecular weight excluding hydrogens is 402 g/mol. The first-order valence-electron chi connectivity index (χ1n) is 8.67. The summed E-state index contributed by atoms with van der Waals surface area (Å²) in [6, 6.07) is 10.4. The molecule has 9 heteroatoms. The number of sulfonamides is 1. The Morgan fingerprint density at radius 3 is 2.74 bits per heavy atom. The van der Waals surface area contributed by atoms with Gasteiger partial charge in [-0.2, -0.15) is 9.30 Å². The molecule has 0 spiro atoms. The smallest absolute Gasteiger partial charge is 0.266 e. The van der Waals surface area contributed by atoms with Crippen LogP contribution in [0.5, 0.6) is 0 Å². The molecule has 0 aliphatic carbocycles. The van der Waals surface area contributed by atoms with Gasteiger partial charge in [0.15, 0.2) is 4.80 Å². The molecule has 1 aromatic carbocycles. The lowest BCUT2D eigenvalue weighted by atomic mass is 10.0. The van der Waals surface area contributed by atoms with E-state index in [0.29, 0.717) is 17.8 Å². The number of hydrogen-bond donors (Lipinski definition) is 0. The van der Waals surface area contributed by atoms with E-state index >= 15 is 0 Å². The van der Waals surface area contributed by atoms with Crippen molar-refractivity contribution in [2.45, 2.75) is 29.5 Å². The van der Waals surface area contributed by atoms with Crippen LogP contribution < -0.4 is 4.80 Å². The van der Waals surface area contributed by atoms with Crippen molar-refractivity contribution in [3.63, 3.8) is 0 Å². The standard InChI is InChI=1S/C18H19N3O3S3/c1-20-13-7-2-3-9-15(13)26-18(20)19-17(22)14-8-4-5-11-21(14)27(23,24)16-10-6-12-25-16/h2-3,6-7,9-10,12,14H,4-5,8,11H2,1H3. The van der Waals surface area contributed by atoms with Crippen molar-refractivity contribution in [1.29, 1.82) is 0 Å². The number of thiazole rings is 1. The Kier molecular flexibility index (Phi) is 5.02. The van der Waals surface area contributed by atoms with Gasteiger partial charge in [-0.1, -0.05) is 36.0 Å². The lowest BCUT2D eigenvalue weighted by molar-refractivity contribution is -0.122. The fourth-order valence-electron chi connectivity index (χ4n) is 3.32. The van der Waals surface area contributed by atoms with Gasteiger partial charge in [-0.15, -0.1) is 11.3 Å². The first-order chi connectivity index (χ1) is 13.0. The number of benzene rings is 1. The van der Waals surface area contributed by atoms with Gasteiger partial charge < -0.3 is 4.57 Å². The number of amides is 1. The van der Waals surface area contributed by atoms with Crippen LogP contribution in [0.25, 0.3) is 10.2 Å². The first kappa shape index (κ1) is 18.5. The third-order valence-electron chi connectivity index (χ3n) is 4.72. The summed E-state index contributed by atoms with van der Waals surface area (Å²) < 4.78 is 30.4. The minimum Gasteiger partial charge on any atom is -0.319 e. The van der Waals surface area contributed by atoms with Crippen LogP contribution in [0.3, 0.4) is 0 Å². The van der Waals surface area contributed by atoms with E-state index in [0.717, 1.165) is 23.1 Å². The summed E-state index contributed by atoms with van der Waals surface area (Å²) in [6.45, 7) is 0.352. The van der Waals surface area contributed by atoms with Crippen LogP contribution in [-0.2, 0) is 21.9 Å². The van der Waals surface area contributed by atoms with Crippen molar-refractivity contribution in [3.8, 4) is 0 Å². The van der Waals surface area contributed by atoms with Gasteiger partial charge in [-0.25, -0.2) is 8.42 Å². The summed E-state index contributed by atoms with van der Waals surface area (Å²) in [5.41, 5.74) is 1.00. The molecule has 0 radical (unpaired) electrons. The van der Waals surface area contributed by atoms with Crippen LogP contribution in [0, 0.1) is 0 Å². The minimum absolute atomic E-state index is 0.273. The number of carbonyl (C=O) groups is 1.